The summed E-state index contributed by atoms with van der Waals surface area (Å²) in [6.07, 6.45) is 4.17. The highest BCUT2D eigenvalue weighted by atomic mass is 16.5. The smallest absolute Gasteiger partial charge is 0.0726 e. The van der Waals surface area contributed by atoms with Gasteiger partial charge in [-0.3, -0.25) is 0 Å². The molecule has 1 N–H and O–H groups in total. The van der Waals surface area contributed by atoms with Crippen LogP contribution < -0.4 is 5.32 Å². The van der Waals surface area contributed by atoms with Crippen molar-refractivity contribution < 1.29 is 4.74 Å². The van der Waals surface area contributed by atoms with Crippen LogP contribution in [-0.2, 0) is 11.3 Å². The second-order valence-electron chi connectivity index (χ2n) is 6.05. The molecule has 2 fully saturated rings. The van der Waals surface area contributed by atoms with Crippen LogP contribution in [0.5, 0.6) is 0 Å². The first-order valence-electron chi connectivity index (χ1n) is 7.13. The molecule has 1 aromatic rings. The fraction of sp³-hybridized carbons (Fsp3) is 0.625. The van der Waals surface area contributed by atoms with Crippen molar-refractivity contribution in [2.75, 3.05) is 6.61 Å². The molecular weight excluding hydrogens is 222 g/mol. The minimum Gasteiger partial charge on any atom is -0.377 e. The van der Waals surface area contributed by atoms with Gasteiger partial charge in [0.15, 0.2) is 0 Å². The van der Waals surface area contributed by atoms with Crippen molar-refractivity contribution in [3.05, 3.63) is 35.4 Å². The summed E-state index contributed by atoms with van der Waals surface area (Å²) in [4.78, 5) is 0. The predicted molar refractivity (Wildman–Crippen MR) is 73.7 cm³/mol. The summed E-state index contributed by atoms with van der Waals surface area (Å²) in [7, 11) is 0. The number of rotatable bonds is 4. The van der Waals surface area contributed by atoms with Crippen molar-refractivity contribution in [2.24, 2.45) is 0 Å². The van der Waals surface area contributed by atoms with Crippen LogP contribution in [0.4, 0.5) is 0 Å². The molecule has 1 heterocycles. The molecule has 1 saturated heterocycles. The first-order chi connectivity index (χ1) is 8.67. The maximum atomic E-state index is 5.67. The van der Waals surface area contributed by atoms with E-state index in [1.54, 1.807) is 0 Å². The van der Waals surface area contributed by atoms with Gasteiger partial charge in [-0.2, -0.15) is 0 Å². The van der Waals surface area contributed by atoms with Gasteiger partial charge >= 0.3 is 0 Å². The molecule has 2 heteroatoms. The molecule has 0 spiro atoms. The molecule has 2 aliphatic rings. The third kappa shape index (κ3) is 2.45. The predicted octanol–water partition coefficient (Wildman–Crippen LogP) is 3.22. The van der Waals surface area contributed by atoms with Gasteiger partial charge in [0.2, 0.25) is 0 Å². The number of hydrogen-bond acceptors (Lipinski definition) is 2. The Kier molecular flexibility index (Phi) is 3.16. The Labute approximate surface area is 110 Å². The lowest BCUT2D eigenvalue weighted by Gasteiger charge is -2.29. The van der Waals surface area contributed by atoms with Crippen molar-refractivity contribution in [2.45, 2.75) is 57.2 Å². The van der Waals surface area contributed by atoms with Gasteiger partial charge in [0.05, 0.1) is 6.10 Å². The number of nitrogens with one attached hydrogen (secondary N) is 1. The lowest BCUT2D eigenvalue weighted by molar-refractivity contribution is 0.0881. The van der Waals surface area contributed by atoms with E-state index in [2.05, 4.69) is 43.4 Å². The Morgan fingerprint density at radius 2 is 2.22 bits per heavy atom. The summed E-state index contributed by atoms with van der Waals surface area (Å²) in [5.74, 6) is 0.842. The van der Waals surface area contributed by atoms with Gasteiger partial charge in [-0.1, -0.05) is 24.3 Å². The Bertz CT molecular complexity index is 427. The highest BCUT2D eigenvalue weighted by Gasteiger charge is 2.36. The molecule has 3 rings (SSSR count). The lowest BCUT2D eigenvalue weighted by Crippen LogP contribution is -2.47. The SMILES string of the molecule is CC1OCCC1(C)NCc1cccc(C2CC2)c1. The molecular formula is C16H23NO. The molecule has 2 unspecified atom stereocenters. The molecule has 1 aliphatic heterocycles. The molecule has 0 radical (unpaired) electrons. The Balaban J connectivity index is 1.64. The van der Waals surface area contributed by atoms with Crippen molar-refractivity contribution in [3.63, 3.8) is 0 Å². The quantitative estimate of drug-likeness (QED) is 0.879. The summed E-state index contributed by atoms with van der Waals surface area (Å²) >= 11 is 0. The van der Waals surface area contributed by atoms with Crippen LogP contribution in [0.15, 0.2) is 24.3 Å². The molecule has 2 nitrogen and oxygen atoms in total. The van der Waals surface area contributed by atoms with E-state index in [0.717, 1.165) is 25.5 Å². The number of ether oxygens (including phenoxy) is 1. The second-order valence-corrected chi connectivity index (χ2v) is 6.05. The number of hydrogen-bond donors (Lipinski definition) is 1. The maximum Gasteiger partial charge on any atom is 0.0726 e. The lowest BCUT2D eigenvalue weighted by atomic mass is 9.94. The average molecular weight is 245 g/mol. The summed E-state index contributed by atoms with van der Waals surface area (Å²) in [6, 6.07) is 9.06. The van der Waals surface area contributed by atoms with E-state index in [9.17, 15) is 0 Å². The largest absolute Gasteiger partial charge is 0.377 e. The zero-order chi connectivity index (χ0) is 12.6. The van der Waals surface area contributed by atoms with Gasteiger partial charge in [0.1, 0.15) is 0 Å². The van der Waals surface area contributed by atoms with Gasteiger partial charge in [-0.05, 0) is 50.2 Å². The minimum atomic E-state index is 0.135. The summed E-state index contributed by atoms with van der Waals surface area (Å²) < 4.78 is 5.67. The molecule has 0 aromatic heterocycles. The zero-order valence-corrected chi connectivity index (χ0v) is 11.4. The molecule has 1 aliphatic carbocycles. The highest BCUT2D eigenvalue weighted by Crippen LogP contribution is 2.40. The topological polar surface area (TPSA) is 21.3 Å². The van der Waals surface area contributed by atoms with Gasteiger partial charge in [-0.15, -0.1) is 0 Å². The van der Waals surface area contributed by atoms with Crippen LogP contribution in [-0.4, -0.2) is 18.2 Å². The van der Waals surface area contributed by atoms with E-state index in [1.165, 1.54) is 24.0 Å². The molecule has 0 amide bonds. The standard InChI is InChI=1S/C16H23NO/c1-12-16(2,8-9-18-12)17-11-13-4-3-5-15(10-13)14-6-7-14/h3-5,10,12,14,17H,6-9,11H2,1-2H3. The van der Waals surface area contributed by atoms with Crippen LogP contribution in [0, 0.1) is 0 Å². The fourth-order valence-corrected chi connectivity index (χ4v) is 2.74. The molecule has 2 atom stereocenters. The molecule has 18 heavy (non-hydrogen) atoms. The Morgan fingerprint density at radius 1 is 1.39 bits per heavy atom. The van der Waals surface area contributed by atoms with Gasteiger partial charge in [0.25, 0.3) is 0 Å². The van der Waals surface area contributed by atoms with Crippen LogP contribution in [0.3, 0.4) is 0 Å². The van der Waals surface area contributed by atoms with E-state index in [1.807, 2.05) is 0 Å². The fourth-order valence-electron chi connectivity index (χ4n) is 2.74. The van der Waals surface area contributed by atoms with Crippen LogP contribution in [0.25, 0.3) is 0 Å². The van der Waals surface area contributed by atoms with E-state index in [4.69, 9.17) is 4.74 Å². The minimum absolute atomic E-state index is 0.135. The van der Waals surface area contributed by atoms with Gasteiger partial charge < -0.3 is 10.1 Å². The molecule has 98 valence electrons. The van der Waals surface area contributed by atoms with E-state index in [-0.39, 0.29) is 5.54 Å². The molecule has 1 aromatic carbocycles. The third-order valence-corrected chi connectivity index (χ3v) is 4.58. The molecule has 1 saturated carbocycles. The van der Waals surface area contributed by atoms with E-state index in [0.29, 0.717) is 6.10 Å². The zero-order valence-electron chi connectivity index (χ0n) is 11.4. The second kappa shape index (κ2) is 4.67. The third-order valence-electron chi connectivity index (χ3n) is 4.58. The van der Waals surface area contributed by atoms with Gasteiger partial charge in [-0.25, -0.2) is 0 Å². The number of benzene rings is 1. The van der Waals surface area contributed by atoms with E-state index >= 15 is 0 Å². The van der Waals surface area contributed by atoms with Crippen LogP contribution in [0.1, 0.15) is 50.2 Å². The first kappa shape index (κ1) is 12.2. The van der Waals surface area contributed by atoms with Crippen molar-refractivity contribution in [1.82, 2.24) is 5.32 Å². The monoisotopic (exact) mass is 245 g/mol. The Hall–Kier alpha value is -0.860. The molecule has 0 bridgehead atoms. The van der Waals surface area contributed by atoms with Crippen molar-refractivity contribution >= 4 is 0 Å². The first-order valence-corrected chi connectivity index (χ1v) is 7.13. The summed E-state index contributed by atoms with van der Waals surface area (Å²) in [5, 5.41) is 3.69. The van der Waals surface area contributed by atoms with E-state index < -0.39 is 0 Å². The average Bonchev–Trinajstić information content (AvgIpc) is 3.16. The Morgan fingerprint density at radius 3 is 2.89 bits per heavy atom. The summed E-state index contributed by atoms with van der Waals surface area (Å²) in [6.45, 7) is 6.27. The van der Waals surface area contributed by atoms with Crippen molar-refractivity contribution in [3.8, 4) is 0 Å². The normalized spacial score (nSPS) is 31.8. The van der Waals surface area contributed by atoms with Crippen LogP contribution in [0.2, 0.25) is 0 Å². The van der Waals surface area contributed by atoms with Gasteiger partial charge in [0, 0.05) is 18.7 Å². The highest BCUT2D eigenvalue weighted by molar-refractivity contribution is 5.29. The van der Waals surface area contributed by atoms with Crippen LogP contribution >= 0.6 is 0 Å². The van der Waals surface area contributed by atoms with Crippen molar-refractivity contribution in [1.29, 1.82) is 0 Å². The maximum absolute atomic E-state index is 5.67. The summed E-state index contributed by atoms with van der Waals surface area (Å²) in [5.41, 5.74) is 3.06.